The van der Waals surface area contributed by atoms with E-state index in [0.29, 0.717) is 12.0 Å². The molecule has 1 heterocycles. The fraction of sp³-hybridized carbons (Fsp3) is 0.385. The fourth-order valence-electron chi connectivity index (χ4n) is 2.07. The van der Waals surface area contributed by atoms with Crippen LogP contribution >= 0.6 is 0 Å². The summed E-state index contributed by atoms with van der Waals surface area (Å²) in [7, 11) is 0. The van der Waals surface area contributed by atoms with Crippen molar-refractivity contribution in [1.82, 2.24) is 10.9 Å². The van der Waals surface area contributed by atoms with Crippen LogP contribution in [0.15, 0.2) is 36.0 Å². The molecular formula is C13H18N2. The second-order valence-electron chi connectivity index (χ2n) is 4.40. The van der Waals surface area contributed by atoms with Crippen LogP contribution in [0, 0.1) is 5.92 Å². The summed E-state index contributed by atoms with van der Waals surface area (Å²) < 4.78 is 0. The molecule has 2 N–H and O–H groups in total. The van der Waals surface area contributed by atoms with Crippen molar-refractivity contribution >= 4 is 5.57 Å². The molecule has 1 aliphatic rings. The molecule has 2 nitrogen and oxygen atoms in total. The normalized spacial score (nSPS) is 20.9. The van der Waals surface area contributed by atoms with Gasteiger partial charge in [0.2, 0.25) is 0 Å². The number of benzene rings is 1. The van der Waals surface area contributed by atoms with Gasteiger partial charge in [-0.05, 0) is 24.0 Å². The minimum Gasteiger partial charge on any atom is -0.325 e. The fourth-order valence-corrected chi connectivity index (χ4v) is 2.07. The third-order valence-electron chi connectivity index (χ3n) is 2.88. The molecule has 0 bridgehead atoms. The maximum absolute atomic E-state index is 3.33. The van der Waals surface area contributed by atoms with Gasteiger partial charge in [0.1, 0.15) is 0 Å². The molecule has 1 unspecified atom stereocenters. The largest absolute Gasteiger partial charge is 0.325 e. The molecule has 0 saturated heterocycles. The molecule has 1 atom stereocenters. The Morgan fingerprint density at radius 1 is 1.13 bits per heavy atom. The van der Waals surface area contributed by atoms with E-state index in [-0.39, 0.29) is 0 Å². The summed E-state index contributed by atoms with van der Waals surface area (Å²) in [6, 6.07) is 11.0. The van der Waals surface area contributed by atoms with E-state index < -0.39 is 0 Å². The summed E-state index contributed by atoms with van der Waals surface area (Å²) in [4.78, 5) is 0. The first-order valence-corrected chi connectivity index (χ1v) is 5.48. The lowest BCUT2D eigenvalue weighted by Crippen LogP contribution is -2.35. The van der Waals surface area contributed by atoms with E-state index in [9.17, 15) is 0 Å². The Bertz CT molecular complexity index is 365. The molecule has 2 rings (SSSR count). The molecule has 1 aliphatic heterocycles. The molecular weight excluding hydrogens is 184 g/mol. The van der Waals surface area contributed by atoms with E-state index in [1.54, 1.807) is 0 Å². The standard InChI is InChI=1S/C13H18N2/c1-9(2)13-12(10(3)14-15-13)11-7-5-4-6-8-11/h4-9,13-15H,1-3H3. The Labute approximate surface area is 91.4 Å². The van der Waals surface area contributed by atoms with Crippen LogP contribution in [0.1, 0.15) is 26.3 Å². The molecule has 0 radical (unpaired) electrons. The van der Waals surface area contributed by atoms with Gasteiger partial charge in [0.15, 0.2) is 0 Å². The zero-order valence-corrected chi connectivity index (χ0v) is 9.54. The number of nitrogens with one attached hydrogen (secondary N) is 2. The van der Waals surface area contributed by atoms with Crippen molar-refractivity contribution in [3.63, 3.8) is 0 Å². The predicted octanol–water partition coefficient (Wildman–Crippen LogP) is 2.55. The van der Waals surface area contributed by atoms with Crippen LogP contribution in [-0.4, -0.2) is 6.04 Å². The van der Waals surface area contributed by atoms with E-state index in [1.807, 2.05) is 0 Å². The second kappa shape index (κ2) is 4.07. The summed E-state index contributed by atoms with van der Waals surface area (Å²) in [5.41, 5.74) is 10.5. The smallest absolute Gasteiger partial charge is 0.0556 e. The first-order chi connectivity index (χ1) is 7.20. The molecule has 0 fully saturated rings. The van der Waals surface area contributed by atoms with Crippen molar-refractivity contribution in [1.29, 1.82) is 0 Å². The molecule has 0 aliphatic carbocycles. The zero-order chi connectivity index (χ0) is 10.8. The highest BCUT2D eigenvalue weighted by atomic mass is 15.4. The van der Waals surface area contributed by atoms with Gasteiger partial charge in [-0.1, -0.05) is 44.2 Å². The zero-order valence-electron chi connectivity index (χ0n) is 9.54. The van der Waals surface area contributed by atoms with Gasteiger partial charge in [0.05, 0.1) is 6.04 Å². The van der Waals surface area contributed by atoms with Gasteiger partial charge < -0.3 is 5.43 Å². The Morgan fingerprint density at radius 2 is 1.80 bits per heavy atom. The van der Waals surface area contributed by atoms with E-state index >= 15 is 0 Å². The van der Waals surface area contributed by atoms with Crippen molar-refractivity contribution in [3.05, 3.63) is 41.6 Å². The second-order valence-corrected chi connectivity index (χ2v) is 4.40. The number of hydrogen-bond acceptors (Lipinski definition) is 2. The molecule has 1 aromatic carbocycles. The van der Waals surface area contributed by atoms with Crippen LogP contribution in [0.5, 0.6) is 0 Å². The minimum absolute atomic E-state index is 0.410. The van der Waals surface area contributed by atoms with Gasteiger partial charge in [0, 0.05) is 5.70 Å². The number of hydrogen-bond donors (Lipinski definition) is 2. The molecule has 0 saturated carbocycles. The minimum atomic E-state index is 0.410. The van der Waals surface area contributed by atoms with Gasteiger partial charge in [-0.2, -0.15) is 0 Å². The van der Waals surface area contributed by atoms with Crippen LogP contribution in [0.25, 0.3) is 5.57 Å². The average Bonchev–Trinajstić information content (AvgIpc) is 2.61. The van der Waals surface area contributed by atoms with E-state index in [2.05, 4.69) is 62.0 Å². The van der Waals surface area contributed by atoms with Crippen molar-refractivity contribution in [2.24, 2.45) is 5.92 Å². The van der Waals surface area contributed by atoms with E-state index in [0.717, 1.165) is 0 Å². The quantitative estimate of drug-likeness (QED) is 0.770. The maximum atomic E-state index is 3.33. The van der Waals surface area contributed by atoms with Crippen molar-refractivity contribution in [3.8, 4) is 0 Å². The third kappa shape index (κ3) is 1.90. The summed E-state index contributed by atoms with van der Waals surface area (Å²) in [6.45, 7) is 6.60. The Balaban J connectivity index is 2.38. The van der Waals surface area contributed by atoms with Gasteiger partial charge in [-0.15, -0.1) is 0 Å². The Kier molecular flexibility index (Phi) is 2.78. The first-order valence-electron chi connectivity index (χ1n) is 5.48. The van der Waals surface area contributed by atoms with Crippen LogP contribution in [0.4, 0.5) is 0 Å². The molecule has 0 spiro atoms. The van der Waals surface area contributed by atoms with Gasteiger partial charge in [-0.25, -0.2) is 5.43 Å². The van der Waals surface area contributed by atoms with Crippen molar-refractivity contribution in [2.75, 3.05) is 0 Å². The highest BCUT2D eigenvalue weighted by Gasteiger charge is 2.26. The number of hydrazine groups is 1. The number of rotatable bonds is 2. The molecule has 0 amide bonds. The van der Waals surface area contributed by atoms with E-state index in [4.69, 9.17) is 0 Å². The monoisotopic (exact) mass is 202 g/mol. The van der Waals surface area contributed by atoms with Gasteiger partial charge in [0.25, 0.3) is 0 Å². The summed E-state index contributed by atoms with van der Waals surface area (Å²) in [6.07, 6.45) is 0. The highest BCUT2D eigenvalue weighted by molar-refractivity contribution is 5.73. The first kappa shape index (κ1) is 10.2. The van der Waals surface area contributed by atoms with Gasteiger partial charge >= 0.3 is 0 Å². The molecule has 1 aromatic rings. The van der Waals surface area contributed by atoms with Crippen LogP contribution < -0.4 is 10.9 Å². The average molecular weight is 202 g/mol. The van der Waals surface area contributed by atoms with Crippen LogP contribution in [0.3, 0.4) is 0 Å². The molecule has 0 aromatic heterocycles. The SMILES string of the molecule is CC1=C(c2ccccc2)C(C(C)C)NN1. The lowest BCUT2D eigenvalue weighted by atomic mass is 9.91. The molecule has 15 heavy (non-hydrogen) atoms. The number of allylic oxidation sites excluding steroid dienone is 1. The Hall–Kier alpha value is -1.28. The third-order valence-corrected chi connectivity index (χ3v) is 2.88. The predicted molar refractivity (Wildman–Crippen MR) is 63.9 cm³/mol. The molecule has 2 heteroatoms. The summed E-state index contributed by atoms with van der Waals surface area (Å²) >= 11 is 0. The van der Waals surface area contributed by atoms with Crippen LogP contribution in [0.2, 0.25) is 0 Å². The lowest BCUT2D eigenvalue weighted by Gasteiger charge is -2.18. The highest BCUT2D eigenvalue weighted by Crippen LogP contribution is 2.28. The summed E-state index contributed by atoms with van der Waals surface area (Å²) in [5.74, 6) is 0.588. The summed E-state index contributed by atoms with van der Waals surface area (Å²) in [5, 5.41) is 0. The van der Waals surface area contributed by atoms with Crippen molar-refractivity contribution in [2.45, 2.75) is 26.8 Å². The topological polar surface area (TPSA) is 24.1 Å². The maximum Gasteiger partial charge on any atom is 0.0556 e. The molecule has 80 valence electrons. The van der Waals surface area contributed by atoms with E-state index in [1.165, 1.54) is 16.8 Å². The van der Waals surface area contributed by atoms with Crippen LogP contribution in [-0.2, 0) is 0 Å². The lowest BCUT2D eigenvalue weighted by molar-refractivity contribution is 0.467. The van der Waals surface area contributed by atoms with Gasteiger partial charge in [-0.3, -0.25) is 0 Å². The Morgan fingerprint density at radius 3 is 2.40 bits per heavy atom. The van der Waals surface area contributed by atoms with Crippen molar-refractivity contribution < 1.29 is 0 Å².